The number of aliphatic hydroxyl groups excluding tert-OH is 1. The summed E-state index contributed by atoms with van der Waals surface area (Å²) in [6, 6.07) is 1.34. The maximum Gasteiger partial charge on any atom is 0.255 e. The van der Waals surface area contributed by atoms with Crippen molar-refractivity contribution in [2.75, 3.05) is 6.54 Å². The Hall–Kier alpha value is -2.24. The van der Waals surface area contributed by atoms with Gasteiger partial charge in [-0.25, -0.2) is 0 Å². The van der Waals surface area contributed by atoms with Gasteiger partial charge in [0.1, 0.15) is 11.5 Å². The van der Waals surface area contributed by atoms with Gasteiger partial charge in [-0.1, -0.05) is 6.92 Å². The smallest absolute Gasteiger partial charge is 0.255 e. The number of hydrogen-bond acceptors (Lipinski definition) is 4. The molecule has 1 amide bonds. The number of pyridine rings is 1. The molecule has 2 rings (SSSR count). The summed E-state index contributed by atoms with van der Waals surface area (Å²) >= 11 is 0. The Morgan fingerprint density at radius 2 is 2.06 bits per heavy atom. The van der Waals surface area contributed by atoms with E-state index in [0.29, 0.717) is 13.0 Å². The van der Waals surface area contributed by atoms with E-state index in [2.05, 4.69) is 10.3 Å². The van der Waals surface area contributed by atoms with Crippen molar-refractivity contribution in [3.8, 4) is 5.75 Å². The Labute approximate surface area is 103 Å². The molecule has 1 unspecified atom stereocenters. The van der Waals surface area contributed by atoms with Crippen LogP contribution in [0, 0.1) is 0 Å². The number of hydrogen-bond donors (Lipinski definition) is 4. The molecular formula is C12H14N2O4. The molecule has 6 heteroatoms. The minimum atomic E-state index is -0.671. The van der Waals surface area contributed by atoms with Crippen LogP contribution in [0.4, 0.5) is 0 Å². The van der Waals surface area contributed by atoms with Crippen molar-refractivity contribution < 1.29 is 15.0 Å². The van der Waals surface area contributed by atoms with E-state index in [-0.39, 0.29) is 22.6 Å². The number of carbonyl (C=O) groups is 1. The maximum absolute atomic E-state index is 11.7. The number of aromatic hydroxyl groups is 1. The average molecular weight is 250 g/mol. The lowest BCUT2D eigenvalue weighted by atomic mass is 9.89. The van der Waals surface area contributed by atoms with Crippen molar-refractivity contribution in [2.45, 2.75) is 19.3 Å². The van der Waals surface area contributed by atoms with Crippen LogP contribution in [-0.4, -0.2) is 27.6 Å². The minimum absolute atomic E-state index is 0.0334. The molecule has 18 heavy (non-hydrogen) atoms. The average Bonchev–Trinajstić information content (AvgIpc) is 2.28. The topological polar surface area (TPSA) is 102 Å². The van der Waals surface area contributed by atoms with E-state index in [0.717, 1.165) is 0 Å². The summed E-state index contributed by atoms with van der Waals surface area (Å²) in [5.41, 5.74) is -0.259. The van der Waals surface area contributed by atoms with Crippen molar-refractivity contribution in [2.24, 2.45) is 0 Å². The number of aromatic amines is 1. The standard InChI is InChI=1S/C12H14N2O4/c1-6(9-7(15)2-4-13-11(9)17)10-8(16)3-5-14-12(10)18/h2,4,6,16H,3,5H2,1H3,(H,14,18)(H2,13,15,17). The molecule has 0 radical (unpaired) electrons. The zero-order valence-corrected chi connectivity index (χ0v) is 9.86. The van der Waals surface area contributed by atoms with Crippen molar-refractivity contribution in [1.29, 1.82) is 0 Å². The number of amides is 1. The predicted molar refractivity (Wildman–Crippen MR) is 64.4 cm³/mol. The lowest BCUT2D eigenvalue weighted by molar-refractivity contribution is -0.118. The van der Waals surface area contributed by atoms with Crippen LogP contribution in [-0.2, 0) is 4.79 Å². The molecule has 1 aliphatic rings. The van der Waals surface area contributed by atoms with Crippen LogP contribution in [0.5, 0.6) is 5.75 Å². The highest BCUT2D eigenvalue weighted by Gasteiger charge is 2.29. The largest absolute Gasteiger partial charge is 0.512 e. The molecule has 2 heterocycles. The number of nitrogens with one attached hydrogen (secondary N) is 2. The molecule has 0 saturated heterocycles. The number of aromatic nitrogens is 1. The molecule has 1 aromatic rings. The number of rotatable bonds is 2. The minimum Gasteiger partial charge on any atom is -0.512 e. The SMILES string of the molecule is CC(C1=C(O)CCNC1=O)c1c(O)cc[nH]c1=O. The summed E-state index contributed by atoms with van der Waals surface area (Å²) in [7, 11) is 0. The Morgan fingerprint density at radius 3 is 2.67 bits per heavy atom. The van der Waals surface area contributed by atoms with Crippen molar-refractivity contribution in [3.63, 3.8) is 0 Å². The van der Waals surface area contributed by atoms with E-state index in [9.17, 15) is 19.8 Å². The van der Waals surface area contributed by atoms with Gasteiger partial charge in [-0.15, -0.1) is 0 Å². The second kappa shape index (κ2) is 4.56. The van der Waals surface area contributed by atoms with Crippen LogP contribution in [0.25, 0.3) is 0 Å². The van der Waals surface area contributed by atoms with Crippen LogP contribution in [0.1, 0.15) is 24.8 Å². The molecule has 4 N–H and O–H groups in total. The normalized spacial score (nSPS) is 17.5. The molecule has 0 bridgehead atoms. The lowest BCUT2D eigenvalue weighted by Gasteiger charge is -2.21. The second-order valence-corrected chi connectivity index (χ2v) is 4.19. The monoisotopic (exact) mass is 250 g/mol. The number of carbonyl (C=O) groups excluding carboxylic acids is 1. The van der Waals surface area contributed by atoms with Gasteiger partial charge in [0, 0.05) is 25.1 Å². The Morgan fingerprint density at radius 1 is 1.33 bits per heavy atom. The van der Waals surface area contributed by atoms with E-state index >= 15 is 0 Å². The van der Waals surface area contributed by atoms with Crippen LogP contribution in [0.2, 0.25) is 0 Å². The molecule has 1 aromatic heterocycles. The van der Waals surface area contributed by atoms with Gasteiger partial charge >= 0.3 is 0 Å². The van der Waals surface area contributed by atoms with Gasteiger partial charge in [0.15, 0.2) is 0 Å². The van der Waals surface area contributed by atoms with E-state index < -0.39 is 17.4 Å². The molecule has 1 atom stereocenters. The van der Waals surface area contributed by atoms with Crippen molar-refractivity contribution in [3.05, 3.63) is 39.5 Å². The molecule has 0 fully saturated rings. The number of H-pyrrole nitrogens is 1. The number of aliphatic hydroxyl groups is 1. The summed E-state index contributed by atoms with van der Waals surface area (Å²) in [5.74, 6) is -1.30. The van der Waals surface area contributed by atoms with E-state index in [4.69, 9.17) is 0 Å². The molecular weight excluding hydrogens is 236 g/mol. The zero-order chi connectivity index (χ0) is 13.3. The first-order valence-electron chi connectivity index (χ1n) is 5.63. The third kappa shape index (κ3) is 1.97. The first-order chi connectivity index (χ1) is 8.52. The van der Waals surface area contributed by atoms with Gasteiger partial charge in [-0.05, 0) is 6.07 Å². The molecule has 96 valence electrons. The van der Waals surface area contributed by atoms with Gasteiger partial charge < -0.3 is 20.5 Å². The van der Waals surface area contributed by atoms with Crippen LogP contribution >= 0.6 is 0 Å². The fourth-order valence-corrected chi connectivity index (χ4v) is 2.14. The van der Waals surface area contributed by atoms with Crippen LogP contribution in [0.3, 0.4) is 0 Å². The maximum atomic E-state index is 11.7. The summed E-state index contributed by atoms with van der Waals surface area (Å²) in [6.07, 6.45) is 1.65. The lowest BCUT2D eigenvalue weighted by Crippen LogP contribution is -2.34. The van der Waals surface area contributed by atoms with Crippen LogP contribution < -0.4 is 10.9 Å². The molecule has 0 aromatic carbocycles. The summed E-state index contributed by atoms with van der Waals surface area (Å²) in [4.78, 5) is 25.8. The van der Waals surface area contributed by atoms with Gasteiger partial charge in [0.2, 0.25) is 0 Å². The summed E-state index contributed by atoms with van der Waals surface area (Å²) in [5, 5.41) is 22.1. The fraction of sp³-hybridized carbons (Fsp3) is 0.333. The van der Waals surface area contributed by atoms with E-state index in [1.54, 1.807) is 6.92 Å². The van der Waals surface area contributed by atoms with Gasteiger partial charge in [-0.3, -0.25) is 9.59 Å². The quantitative estimate of drug-likeness (QED) is 0.614. The summed E-state index contributed by atoms with van der Waals surface area (Å²) in [6.45, 7) is 1.97. The first kappa shape index (κ1) is 12.2. The van der Waals surface area contributed by atoms with E-state index in [1.165, 1.54) is 12.3 Å². The Balaban J connectivity index is 2.52. The third-order valence-electron chi connectivity index (χ3n) is 3.05. The summed E-state index contributed by atoms with van der Waals surface area (Å²) < 4.78 is 0. The molecule has 0 spiro atoms. The molecule has 1 aliphatic heterocycles. The highest BCUT2D eigenvalue weighted by molar-refractivity contribution is 5.96. The van der Waals surface area contributed by atoms with Crippen LogP contribution in [0.15, 0.2) is 28.4 Å². The molecule has 0 saturated carbocycles. The highest BCUT2D eigenvalue weighted by atomic mass is 16.3. The highest BCUT2D eigenvalue weighted by Crippen LogP contribution is 2.30. The third-order valence-corrected chi connectivity index (χ3v) is 3.05. The molecule has 0 aliphatic carbocycles. The first-order valence-corrected chi connectivity index (χ1v) is 5.63. The predicted octanol–water partition coefficient (Wildman–Crippen LogP) is 0.516. The Kier molecular flexibility index (Phi) is 3.10. The Bertz CT molecular complexity index is 574. The van der Waals surface area contributed by atoms with Gasteiger partial charge in [0.05, 0.1) is 11.1 Å². The zero-order valence-electron chi connectivity index (χ0n) is 9.86. The van der Waals surface area contributed by atoms with Gasteiger partial charge in [-0.2, -0.15) is 0 Å². The van der Waals surface area contributed by atoms with E-state index in [1.807, 2.05) is 0 Å². The van der Waals surface area contributed by atoms with Crippen molar-refractivity contribution in [1.82, 2.24) is 10.3 Å². The van der Waals surface area contributed by atoms with Gasteiger partial charge in [0.25, 0.3) is 11.5 Å². The second-order valence-electron chi connectivity index (χ2n) is 4.19. The fourth-order valence-electron chi connectivity index (χ4n) is 2.14. The molecule has 6 nitrogen and oxygen atoms in total. The van der Waals surface area contributed by atoms with Crippen molar-refractivity contribution >= 4 is 5.91 Å².